The zero-order valence-electron chi connectivity index (χ0n) is 10.8. The number of esters is 1. The molecule has 6 heteroatoms. The summed E-state index contributed by atoms with van der Waals surface area (Å²) < 4.78 is 16.2. The molecule has 0 radical (unpaired) electrons. The van der Waals surface area contributed by atoms with Crippen LogP contribution in [0.4, 0.5) is 0 Å². The first-order chi connectivity index (χ1) is 8.36. The fourth-order valence-corrected chi connectivity index (χ4v) is 2.44. The second-order valence-corrected chi connectivity index (χ2v) is 5.42. The summed E-state index contributed by atoms with van der Waals surface area (Å²) in [4.78, 5) is 11.6. The molecule has 0 saturated carbocycles. The van der Waals surface area contributed by atoms with Gasteiger partial charge in [0.05, 0.1) is 19.3 Å². The molecular weight excluding hydrogens is 272 g/mol. The van der Waals surface area contributed by atoms with Gasteiger partial charge in [-0.05, 0) is 45.2 Å². The van der Waals surface area contributed by atoms with Gasteiger partial charge in [0.25, 0.3) is 0 Å². The lowest BCUT2D eigenvalue weighted by atomic mass is 10.2. The van der Waals surface area contributed by atoms with E-state index in [4.69, 9.17) is 38.6 Å². The topological polar surface area (TPSA) is 44.8 Å². The summed E-state index contributed by atoms with van der Waals surface area (Å²) in [6.45, 7) is 5.47. The lowest BCUT2D eigenvalue weighted by Gasteiger charge is -2.22. The highest BCUT2D eigenvalue weighted by Gasteiger charge is 2.20. The number of thiocarbonyl (C=S) groups is 2. The van der Waals surface area contributed by atoms with Crippen molar-refractivity contribution < 1.29 is 19.0 Å². The Hall–Kier alpha value is -0.750. The van der Waals surface area contributed by atoms with Crippen LogP contribution in [0.1, 0.15) is 40.0 Å². The van der Waals surface area contributed by atoms with Crippen LogP contribution in [0.2, 0.25) is 0 Å². The van der Waals surface area contributed by atoms with E-state index in [0.717, 1.165) is 0 Å². The average Bonchev–Trinajstić information content (AvgIpc) is 2.12. The van der Waals surface area contributed by atoms with Crippen molar-refractivity contribution in [3.05, 3.63) is 0 Å². The smallest absolute Gasteiger partial charge is 0.309 e. The van der Waals surface area contributed by atoms with Gasteiger partial charge < -0.3 is 14.2 Å². The van der Waals surface area contributed by atoms with Crippen LogP contribution in [-0.2, 0) is 19.0 Å². The van der Waals surface area contributed by atoms with Gasteiger partial charge in [0.2, 0.25) is 0 Å². The number of carbonyl (C=O) groups excluding carboxylic acids is 1. The molecule has 1 aliphatic heterocycles. The average molecular weight is 290 g/mol. The van der Waals surface area contributed by atoms with E-state index in [1.165, 1.54) is 0 Å². The molecule has 4 nitrogen and oxygen atoms in total. The summed E-state index contributed by atoms with van der Waals surface area (Å²) in [7, 11) is 0. The Morgan fingerprint density at radius 3 is 1.72 bits per heavy atom. The molecule has 18 heavy (non-hydrogen) atoms. The third-order valence-electron chi connectivity index (χ3n) is 2.36. The molecule has 0 aromatic carbocycles. The largest absolute Gasteiger partial charge is 0.484 e. The maximum Gasteiger partial charge on any atom is 0.309 e. The van der Waals surface area contributed by atoms with Gasteiger partial charge in [0.15, 0.2) is 10.1 Å². The minimum absolute atomic E-state index is 0.125. The highest BCUT2D eigenvalue weighted by molar-refractivity contribution is 7.80. The Morgan fingerprint density at radius 1 is 0.833 bits per heavy atom. The Bertz CT molecular complexity index is 267. The predicted octanol–water partition coefficient (Wildman–Crippen LogP) is 2.57. The van der Waals surface area contributed by atoms with Gasteiger partial charge in [-0.2, -0.15) is 0 Å². The van der Waals surface area contributed by atoms with Crippen LogP contribution in [-0.4, -0.2) is 34.4 Å². The minimum Gasteiger partial charge on any atom is -0.484 e. The molecule has 0 amide bonds. The summed E-state index contributed by atoms with van der Waals surface area (Å²) in [6, 6.07) is 0. The molecule has 1 rings (SSSR count). The second kappa shape index (κ2) is 6.99. The van der Waals surface area contributed by atoms with Crippen LogP contribution in [0.15, 0.2) is 0 Å². The maximum absolute atomic E-state index is 11.6. The molecule has 0 aliphatic carbocycles. The SMILES string of the molecule is CC1CC(=S)O[C@H](C)CC(=S)O[C@H](C)CC(=O)O1. The fraction of sp³-hybridized carbons (Fsp3) is 0.750. The van der Waals surface area contributed by atoms with Crippen LogP contribution in [0.3, 0.4) is 0 Å². The van der Waals surface area contributed by atoms with Crippen molar-refractivity contribution in [3.63, 3.8) is 0 Å². The molecule has 0 spiro atoms. The van der Waals surface area contributed by atoms with Gasteiger partial charge in [-0.15, -0.1) is 0 Å². The van der Waals surface area contributed by atoms with E-state index in [-0.39, 0.29) is 30.7 Å². The third-order valence-corrected chi connectivity index (χ3v) is 2.89. The number of hydrogen-bond acceptors (Lipinski definition) is 6. The number of hydrogen-bond donors (Lipinski definition) is 0. The molecule has 1 aliphatic rings. The van der Waals surface area contributed by atoms with Crippen LogP contribution in [0.25, 0.3) is 0 Å². The first-order valence-electron chi connectivity index (χ1n) is 5.95. The van der Waals surface area contributed by atoms with Gasteiger partial charge >= 0.3 is 5.97 Å². The van der Waals surface area contributed by atoms with Crippen molar-refractivity contribution in [2.45, 2.75) is 58.3 Å². The van der Waals surface area contributed by atoms with E-state index in [1.807, 2.05) is 6.92 Å². The molecule has 0 bridgehead atoms. The van der Waals surface area contributed by atoms with Crippen LogP contribution < -0.4 is 0 Å². The van der Waals surface area contributed by atoms with Crippen LogP contribution >= 0.6 is 24.4 Å². The Morgan fingerprint density at radius 2 is 1.22 bits per heavy atom. The Labute approximate surface area is 118 Å². The van der Waals surface area contributed by atoms with E-state index in [9.17, 15) is 4.79 Å². The molecule has 0 aromatic rings. The first kappa shape index (κ1) is 15.3. The number of ether oxygens (including phenoxy) is 3. The highest BCUT2D eigenvalue weighted by Crippen LogP contribution is 2.12. The van der Waals surface area contributed by atoms with E-state index < -0.39 is 0 Å². The highest BCUT2D eigenvalue weighted by atomic mass is 32.1. The number of cyclic esters (lactones) is 1. The molecular formula is C12H18O4S2. The summed E-state index contributed by atoms with van der Waals surface area (Å²) in [5, 5.41) is 0.860. The molecule has 0 N–H and O–H groups in total. The Kier molecular flexibility index (Phi) is 5.95. The predicted molar refractivity (Wildman–Crippen MR) is 75.7 cm³/mol. The van der Waals surface area contributed by atoms with E-state index >= 15 is 0 Å². The number of rotatable bonds is 0. The standard InChI is InChI=1S/C12H18O4S2/c1-7-4-10(13)14-8(2)5-11(17)16-9(3)6-12(18)15-7/h7-9H,4-6H2,1-3H3/t7-,8?,9-/m1/s1. The van der Waals surface area contributed by atoms with Gasteiger partial charge in [-0.3, -0.25) is 4.79 Å². The van der Waals surface area contributed by atoms with Gasteiger partial charge in [0, 0.05) is 0 Å². The number of carbonyl (C=O) groups is 1. The van der Waals surface area contributed by atoms with E-state index in [1.54, 1.807) is 13.8 Å². The monoisotopic (exact) mass is 290 g/mol. The Balaban J connectivity index is 2.69. The molecule has 0 aromatic heterocycles. The second-order valence-electron chi connectivity index (χ2n) is 4.51. The normalized spacial score (nSPS) is 31.5. The van der Waals surface area contributed by atoms with Gasteiger partial charge in [-0.1, -0.05) is 0 Å². The van der Waals surface area contributed by atoms with E-state index in [2.05, 4.69) is 0 Å². The quantitative estimate of drug-likeness (QED) is 0.505. The summed E-state index contributed by atoms with van der Waals surface area (Å²) in [5.41, 5.74) is 0. The van der Waals surface area contributed by atoms with Crippen molar-refractivity contribution in [2.75, 3.05) is 0 Å². The van der Waals surface area contributed by atoms with Crippen LogP contribution in [0.5, 0.6) is 0 Å². The van der Waals surface area contributed by atoms with Gasteiger partial charge in [-0.25, -0.2) is 0 Å². The molecule has 1 heterocycles. The summed E-state index contributed by atoms with van der Waals surface area (Å²) in [6.07, 6.45) is 0.412. The minimum atomic E-state index is -0.311. The molecule has 1 fully saturated rings. The zero-order chi connectivity index (χ0) is 13.7. The lowest BCUT2D eigenvalue weighted by Crippen LogP contribution is -2.28. The fourth-order valence-electron chi connectivity index (χ4n) is 1.65. The van der Waals surface area contributed by atoms with Crippen LogP contribution in [0, 0.1) is 0 Å². The van der Waals surface area contributed by atoms with Crippen molar-refractivity contribution in [2.24, 2.45) is 0 Å². The lowest BCUT2D eigenvalue weighted by molar-refractivity contribution is -0.149. The maximum atomic E-state index is 11.6. The van der Waals surface area contributed by atoms with E-state index in [0.29, 0.717) is 22.9 Å². The molecule has 1 saturated heterocycles. The molecule has 102 valence electrons. The first-order valence-corrected chi connectivity index (χ1v) is 6.77. The van der Waals surface area contributed by atoms with Gasteiger partial charge in [0.1, 0.15) is 18.3 Å². The van der Waals surface area contributed by atoms with Crippen molar-refractivity contribution >= 4 is 40.5 Å². The molecule has 3 atom stereocenters. The van der Waals surface area contributed by atoms with Crippen molar-refractivity contribution in [3.8, 4) is 0 Å². The zero-order valence-corrected chi connectivity index (χ0v) is 12.4. The summed E-state index contributed by atoms with van der Waals surface area (Å²) in [5.74, 6) is -0.311. The summed E-state index contributed by atoms with van der Waals surface area (Å²) >= 11 is 10.2. The van der Waals surface area contributed by atoms with Crippen molar-refractivity contribution in [1.82, 2.24) is 0 Å². The van der Waals surface area contributed by atoms with Crippen molar-refractivity contribution in [1.29, 1.82) is 0 Å². The molecule has 1 unspecified atom stereocenters. The third kappa shape index (κ3) is 5.73.